The lowest BCUT2D eigenvalue weighted by Gasteiger charge is -2.34. The van der Waals surface area contributed by atoms with Crippen LogP contribution in [-0.2, 0) is 0 Å². The number of aryl methyl sites for hydroxylation is 1. The highest BCUT2D eigenvalue weighted by Gasteiger charge is 2.31. The van der Waals surface area contributed by atoms with Crippen molar-refractivity contribution in [3.05, 3.63) is 47.3 Å². The van der Waals surface area contributed by atoms with E-state index in [1.165, 1.54) is 24.3 Å². The molecule has 2 aromatic rings. The number of hydrogen-bond acceptors (Lipinski definition) is 5. The first-order chi connectivity index (χ1) is 14.1. The van der Waals surface area contributed by atoms with Crippen LogP contribution in [0, 0.1) is 6.92 Å². The summed E-state index contributed by atoms with van der Waals surface area (Å²) in [5, 5.41) is 6.50. The summed E-state index contributed by atoms with van der Waals surface area (Å²) in [6, 6.07) is 6.13. The second kappa shape index (κ2) is 8.64. The van der Waals surface area contributed by atoms with Gasteiger partial charge in [0.05, 0.1) is 11.7 Å². The van der Waals surface area contributed by atoms with Crippen molar-refractivity contribution in [2.75, 3.05) is 26.2 Å². The lowest BCUT2D eigenvalue weighted by Crippen LogP contribution is -2.53. The number of amides is 3. The predicted octanol–water partition coefficient (Wildman–Crippen LogP) is 3.11. The molecule has 1 aromatic heterocycles. The molecule has 3 rings (SSSR count). The van der Waals surface area contributed by atoms with E-state index < -0.39 is 12.4 Å². The molecule has 3 amide bonds. The van der Waals surface area contributed by atoms with Crippen molar-refractivity contribution < 1.29 is 32.0 Å². The average molecular weight is 426 g/mol. The lowest BCUT2D eigenvalue weighted by molar-refractivity contribution is -0.274. The Kier molecular flexibility index (Phi) is 6.18. The zero-order valence-electron chi connectivity index (χ0n) is 16.4. The largest absolute Gasteiger partial charge is 0.573 e. The number of piperazine rings is 1. The molecule has 1 saturated heterocycles. The highest BCUT2D eigenvalue weighted by Crippen LogP contribution is 2.24. The number of aromatic nitrogens is 1. The summed E-state index contributed by atoms with van der Waals surface area (Å²) in [4.78, 5) is 28.0. The van der Waals surface area contributed by atoms with Crippen molar-refractivity contribution in [1.29, 1.82) is 0 Å². The standard InChI is InChI=1S/C19H21F3N4O4/c1-12-11-16(30-24-12)17(27)25-7-9-26(10-8-25)18(28)23-13(2)14-3-5-15(6-4-14)29-19(20,21)22/h3-6,11,13H,7-10H2,1-2H3,(H,23,28). The van der Waals surface area contributed by atoms with Gasteiger partial charge in [-0.25, -0.2) is 4.79 Å². The maximum Gasteiger partial charge on any atom is 0.573 e. The van der Waals surface area contributed by atoms with E-state index in [9.17, 15) is 22.8 Å². The number of nitrogens with one attached hydrogen (secondary N) is 1. The summed E-state index contributed by atoms with van der Waals surface area (Å²) in [5.41, 5.74) is 1.25. The molecule has 30 heavy (non-hydrogen) atoms. The number of urea groups is 1. The molecule has 0 aliphatic carbocycles. The summed E-state index contributed by atoms with van der Waals surface area (Å²) in [6.45, 7) is 4.84. The third-order valence-corrected chi connectivity index (χ3v) is 4.65. The minimum Gasteiger partial charge on any atom is -0.406 e. The Hall–Kier alpha value is -3.24. The zero-order chi connectivity index (χ0) is 21.9. The summed E-state index contributed by atoms with van der Waals surface area (Å²) in [5.74, 6) is -0.435. The molecule has 1 aromatic carbocycles. The van der Waals surface area contributed by atoms with Gasteiger partial charge in [0.2, 0.25) is 5.76 Å². The van der Waals surface area contributed by atoms with E-state index in [2.05, 4.69) is 15.2 Å². The average Bonchev–Trinajstić information content (AvgIpc) is 3.13. The van der Waals surface area contributed by atoms with Gasteiger partial charge in [-0.3, -0.25) is 4.79 Å². The van der Waals surface area contributed by atoms with Gasteiger partial charge in [0, 0.05) is 32.2 Å². The Balaban J connectivity index is 1.50. The number of halogens is 3. The van der Waals surface area contributed by atoms with Crippen LogP contribution in [0.15, 0.2) is 34.9 Å². The monoisotopic (exact) mass is 426 g/mol. The van der Waals surface area contributed by atoms with Gasteiger partial charge < -0.3 is 24.4 Å². The number of benzene rings is 1. The van der Waals surface area contributed by atoms with Crippen molar-refractivity contribution in [2.24, 2.45) is 0 Å². The van der Waals surface area contributed by atoms with Crippen LogP contribution in [0.4, 0.5) is 18.0 Å². The fourth-order valence-electron chi connectivity index (χ4n) is 3.05. The Bertz CT molecular complexity index is 890. The normalized spacial score (nSPS) is 15.6. The molecular formula is C19H21F3N4O4. The maximum absolute atomic E-state index is 12.5. The van der Waals surface area contributed by atoms with Crippen molar-refractivity contribution in [2.45, 2.75) is 26.3 Å². The fourth-order valence-corrected chi connectivity index (χ4v) is 3.05. The topological polar surface area (TPSA) is 87.9 Å². The van der Waals surface area contributed by atoms with Crippen molar-refractivity contribution in [3.63, 3.8) is 0 Å². The smallest absolute Gasteiger partial charge is 0.406 e. The molecule has 1 fully saturated rings. The Morgan fingerprint density at radius 3 is 2.27 bits per heavy atom. The second-order valence-electron chi connectivity index (χ2n) is 6.90. The van der Waals surface area contributed by atoms with Crippen LogP contribution in [0.2, 0.25) is 0 Å². The molecule has 1 unspecified atom stereocenters. The molecule has 0 saturated carbocycles. The Morgan fingerprint density at radius 2 is 1.73 bits per heavy atom. The van der Waals surface area contributed by atoms with E-state index in [0.29, 0.717) is 37.4 Å². The first kappa shape index (κ1) is 21.5. The predicted molar refractivity (Wildman–Crippen MR) is 98.8 cm³/mol. The van der Waals surface area contributed by atoms with Crippen LogP contribution in [0.1, 0.15) is 34.8 Å². The number of ether oxygens (including phenoxy) is 1. The summed E-state index contributed by atoms with van der Waals surface area (Å²) in [6.07, 6.45) is -4.75. The molecule has 0 spiro atoms. The van der Waals surface area contributed by atoms with E-state index in [-0.39, 0.29) is 23.4 Å². The molecule has 0 radical (unpaired) electrons. The molecule has 1 N–H and O–H groups in total. The van der Waals surface area contributed by atoms with Crippen molar-refractivity contribution >= 4 is 11.9 Å². The molecule has 0 bridgehead atoms. The van der Waals surface area contributed by atoms with Crippen LogP contribution in [-0.4, -0.2) is 59.4 Å². The van der Waals surface area contributed by atoms with E-state index in [1.54, 1.807) is 29.7 Å². The van der Waals surface area contributed by atoms with Crippen LogP contribution in [0.25, 0.3) is 0 Å². The van der Waals surface area contributed by atoms with Gasteiger partial charge in [-0.2, -0.15) is 0 Å². The molecule has 1 atom stereocenters. The highest BCUT2D eigenvalue weighted by atomic mass is 19.4. The van der Waals surface area contributed by atoms with Gasteiger partial charge >= 0.3 is 12.4 Å². The number of hydrogen-bond donors (Lipinski definition) is 1. The molecular weight excluding hydrogens is 405 g/mol. The third-order valence-electron chi connectivity index (χ3n) is 4.65. The number of nitrogens with zero attached hydrogens (tertiary/aromatic N) is 3. The van der Waals surface area contributed by atoms with Crippen molar-refractivity contribution in [3.8, 4) is 5.75 Å². The molecule has 162 valence electrons. The number of alkyl halides is 3. The quantitative estimate of drug-likeness (QED) is 0.812. The van der Waals surface area contributed by atoms with Gasteiger partial charge in [-0.05, 0) is 31.5 Å². The zero-order valence-corrected chi connectivity index (χ0v) is 16.4. The van der Waals surface area contributed by atoms with E-state index in [0.717, 1.165) is 0 Å². The van der Waals surface area contributed by atoms with E-state index in [4.69, 9.17) is 4.52 Å². The van der Waals surface area contributed by atoms with Gasteiger partial charge in [-0.15, -0.1) is 13.2 Å². The van der Waals surface area contributed by atoms with Crippen LogP contribution in [0.5, 0.6) is 5.75 Å². The summed E-state index contributed by atoms with van der Waals surface area (Å²) >= 11 is 0. The van der Waals surface area contributed by atoms with Crippen molar-refractivity contribution in [1.82, 2.24) is 20.3 Å². The summed E-state index contributed by atoms with van der Waals surface area (Å²) in [7, 11) is 0. The minimum atomic E-state index is -4.75. The van der Waals surface area contributed by atoms with Gasteiger partial charge in [0.15, 0.2) is 0 Å². The first-order valence-electron chi connectivity index (χ1n) is 9.26. The number of carbonyl (C=O) groups is 2. The van der Waals surface area contributed by atoms with Gasteiger partial charge in [0.1, 0.15) is 5.75 Å². The molecule has 2 heterocycles. The molecule has 11 heteroatoms. The fraction of sp³-hybridized carbons (Fsp3) is 0.421. The van der Waals surface area contributed by atoms with E-state index in [1.807, 2.05) is 0 Å². The number of carbonyl (C=O) groups excluding carboxylic acids is 2. The molecule has 8 nitrogen and oxygen atoms in total. The second-order valence-corrected chi connectivity index (χ2v) is 6.90. The molecule has 1 aliphatic rings. The Labute approximate surface area is 170 Å². The maximum atomic E-state index is 12.5. The van der Waals surface area contributed by atoms with E-state index >= 15 is 0 Å². The van der Waals surface area contributed by atoms with Gasteiger partial charge in [0.25, 0.3) is 5.91 Å². The Morgan fingerprint density at radius 1 is 1.13 bits per heavy atom. The van der Waals surface area contributed by atoms with Crippen LogP contribution < -0.4 is 10.1 Å². The first-order valence-corrected chi connectivity index (χ1v) is 9.26. The minimum absolute atomic E-state index is 0.164. The van der Waals surface area contributed by atoms with Gasteiger partial charge in [-0.1, -0.05) is 17.3 Å². The molecule has 1 aliphatic heterocycles. The highest BCUT2D eigenvalue weighted by molar-refractivity contribution is 5.91. The third kappa shape index (κ3) is 5.43. The van der Waals surface area contributed by atoms with Crippen LogP contribution in [0.3, 0.4) is 0 Å². The van der Waals surface area contributed by atoms with Crippen LogP contribution >= 0.6 is 0 Å². The summed E-state index contributed by atoms with van der Waals surface area (Å²) < 4.78 is 45.5. The number of rotatable bonds is 4. The lowest BCUT2D eigenvalue weighted by atomic mass is 10.1. The SMILES string of the molecule is Cc1cc(C(=O)N2CCN(C(=O)NC(C)c3ccc(OC(F)(F)F)cc3)CC2)on1.